The summed E-state index contributed by atoms with van der Waals surface area (Å²) in [6, 6.07) is 9.58. The first-order valence-corrected chi connectivity index (χ1v) is 10.2. The zero-order valence-corrected chi connectivity index (χ0v) is 17.5. The molecule has 1 N–H and O–H groups in total. The molecule has 0 saturated heterocycles. The van der Waals surface area contributed by atoms with Crippen LogP contribution in [0.25, 0.3) is 0 Å². The summed E-state index contributed by atoms with van der Waals surface area (Å²) in [5, 5.41) is 6.43. The highest BCUT2D eigenvalue weighted by molar-refractivity contribution is 7.09. The van der Waals surface area contributed by atoms with E-state index in [1.54, 1.807) is 29.7 Å². The Morgan fingerprint density at radius 3 is 2.76 bits per heavy atom. The number of hydrogen-bond donors (Lipinski definition) is 1. The molecule has 152 valence electrons. The average Bonchev–Trinajstić information content (AvgIpc) is 3.12. The van der Waals surface area contributed by atoms with Crippen LogP contribution in [0.2, 0.25) is 0 Å². The summed E-state index contributed by atoms with van der Waals surface area (Å²) in [5.74, 6) is 1.48. The smallest absolute Gasteiger partial charge is 0.219 e. The monoisotopic (exact) mass is 413 g/mol. The first-order chi connectivity index (χ1) is 14.0. The number of aliphatic imine (C=N–C) groups is 1. The molecule has 3 aromatic rings. The lowest BCUT2D eigenvalue weighted by atomic mass is 10.2. The van der Waals surface area contributed by atoms with Crippen LogP contribution in [-0.2, 0) is 13.1 Å². The minimum absolute atomic E-state index is 0.304. The van der Waals surface area contributed by atoms with Gasteiger partial charge in [-0.1, -0.05) is 0 Å². The SMILES string of the molecule is CCNC(=NCc1ccnc(Oc2ccc(F)cc2)c1)N(C)Cc1csc(C)n1. The third-order valence-electron chi connectivity index (χ3n) is 4.01. The fourth-order valence-electron chi connectivity index (χ4n) is 2.66. The van der Waals surface area contributed by atoms with Crippen molar-refractivity contribution in [3.05, 3.63) is 70.1 Å². The van der Waals surface area contributed by atoms with Gasteiger partial charge in [-0.3, -0.25) is 0 Å². The van der Waals surface area contributed by atoms with Crippen molar-refractivity contribution >= 4 is 17.3 Å². The summed E-state index contributed by atoms with van der Waals surface area (Å²) >= 11 is 1.64. The molecule has 0 aliphatic heterocycles. The molecule has 1 aromatic carbocycles. The van der Waals surface area contributed by atoms with Crippen molar-refractivity contribution in [3.8, 4) is 11.6 Å². The molecule has 0 saturated carbocycles. The number of rotatable bonds is 7. The van der Waals surface area contributed by atoms with Gasteiger partial charge in [-0.05, 0) is 49.7 Å². The van der Waals surface area contributed by atoms with Crippen molar-refractivity contribution < 1.29 is 9.13 Å². The zero-order chi connectivity index (χ0) is 20.6. The van der Waals surface area contributed by atoms with E-state index in [-0.39, 0.29) is 5.82 Å². The second-order valence-corrected chi connectivity index (χ2v) is 7.50. The molecule has 3 rings (SSSR count). The highest BCUT2D eigenvalue weighted by Crippen LogP contribution is 2.20. The molecular formula is C21H24FN5OS. The van der Waals surface area contributed by atoms with Gasteiger partial charge in [0.25, 0.3) is 0 Å². The van der Waals surface area contributed by atoms with Gasteiger partial charge in [-0.25, -0.2) is 19.4 Å². The van der Waals surface area contributed by atoms with Crippen LogP contribution < -0.4 is 10.1 Å². The molecule has 0 spiro atoms. The molecule has 0 aliphatic rings. The number of benzene rings is 1. The number of aromatic nitrogens is 2. The summed E-state index contributed by atoms with van der Waals surface area (Å²) < 4.78 is 18.7. The highest BCUT2D eigenvalue weighted by Gasteiger charge is 2.09. The maximum absolute atomic E-state index is 13.0. The second-order valence-electron chi connectivity index (χ2n) is 6.44. The maximum Gasteiger partial charge on any atom is 0.219 e. The lowest BCUT2D eigenvalue weighted by Gasteiger charge is -2.21. The van der Waals surface area contributed by atoms with Crippen molar-refractivity contribution in [1.82, 2.24) is 20.2 Å². The van der Waals surface area contributed by atoms with Crippen LogP contribution >= 0.6 is 11.3 Å². The molecular weight excluding hydrogens is 389 g/mol. The van der Waals surface area contributed by atoms with Crippen LogP contribution in [0.5, 0.6) is 11.6 Å². The predicted octanol–water partition coefficient (Wildman–Crippen LogP) is 4.38. The molecule has 0 fully saturated rings. The Morgan fingerprint density at radius 1 is 1.28 bits per heavy atom. The maximum atomic E-state index is 13.0. The molecule has 0 aliphatic carbocycles. The van der Waals surface area contributed by atoms with Gasteiger partial charge in [-0.2, -0.15) is 0 Å². The molecule has 0 bridgehead atoms. The Bertz CT molecular complexity index is 958. The van der Waals surface area contributed by atoms with Gasteiger partial charge < -0.3 is 15.0 Å². The van der Waals surface area contributed by atoms with E-state index < -0.39 is 0 Å². The van der Waals surface area contributed by atoms with Crippen LogP contribution in [0.3, 0.4) is 0 Å². The molecule has 0 unspecified atom stereocenters. The topological polar surface area (TPSA) is 62.6 Å². The fourth-order valence-corrected chi connectivity index (χ4v) is 3.27. The van der Waals surface area contributed by atoms with Crippen molar-refractivity contribution in [2.45, 2.75) is 26.9 Å². The summed E-state index contributed by atoms with van der Waals surface area (Å²) in [4.78, 5) is 15.5. The summed E-state index contributed by atoms with van der Waals surface area (Å²) in [6.45, 7) is 5.98. The van der Waals surface area contributed by atoms with Gasteiger partial charge in [0.15, 0.2) is 5.96 Å². The molecule has 8 heteroatoms. The van der Waals surface area contributed by atoms with E-state index in [1.165, 1.54) is 12.1 Å². The Balaban J connectivity index is 1.67. The minimum atomic E-state index is -0.304. The number of thiazole rings is 1. The molecule has 0 amide bonds. The zero-order valence-electron chi connectivity index (χ0n) is 16.7. The van der Waals surface area contributed by atoms with Crippen LogP contribution in [0.1, 0.15) is 23.2 Å². The molecule has 6 nitrogen and oxygen atoms in total. The number of hydrogen-bond acceptors (Lipinski definition) is 5. The lowest BCUT2D eigenvalue weighted by Crippen LogP contribution is -2.38. The quantitative estimate of drug-likeness (QED) is 0.460. The van der Waals surface area contributed by atoms with Crippen LogP contribution in [-0.4, -0.2) is 34.4 Å². The molecule has 0 radical (unpaired) electrons. The van der Waals surface area contributed by atoms with Crippen LogP contribution in [0, 0.1) is 12.7 Å². The fraction of sp³-hybridized carbons (Fsp3) is 0.286. The Hall–Kier alpha value is -3.00. The van der Waals surface area contributed by atoms with Crippen molar-refractivity contribution in [1.29, 1.82) is 0 Å². The van der Waals surface area contributed by atoms with E-state index >= 15 is 0 Å². The van der Waals surface area contributed by atoms with E-state index in [0.717, 1.165) is 28.8 Å². The average molecular weight is 414 g/mol. The number of halogens is 1. The first kappa shape index (κ1) is 20.7. The Kier molecular flexibility index (Phi) is 7.13. The van der Waals surface area contributed by atoms with Gasteiger partial charge >= 0.3 is 0 Å². The number of pyridine rings is 1. The van der Waals surface area contributed by atoms with E-state index in [4.69, 9.17) is 9.73 Å². The van der Waals surface area contributed by atoms with E-state index in [9.17, 15) is 4.39 Å². The molecule has 2 heterocycles. The van der Waals surface area contributed by atoms with Gasteiger partial charge in [0, 0.05) is 31.2 Å². The van der Waals surface area contributed by atoms with Crippen molar-refractivity contribution in [2.75, 3.05) is 13.6 Å². The van der Waals surface area contributed by atoms with Gasteiger partial charge in [0.05, 0.1) is 23.8 Å². The van der Waals surface area contributed by atoms with Crippen LogP contribution in [0.4, 0.5) is 4.39 Å². The third kappa shape index (κ3) is 6.25. The number of nitrogens with one attached hydrogen (secondary N) is 1. The van der Waals surface area contributed by atoms with Gasteiger partial charge in [-0.15, -0.1) is 11.3 Å². The predicted molar refractivity (Wildman–Crippen MR) is 114 cm³/mol. The largest absolute Gasteiger partial charge is 0.439 e. The Morgan fingerprint density at radius 2 is 2.07 bits per heavy atom. The first-order valence-electron chi connectivity index (χ1n) is 9.32. The van der Waals surface area contributed by atoms with Crippen molar-refractivity contribution in [2.24, 2.45) is 4.99 Å². The Labute approximate surface area is 174 Å². The van der Waals surface area contributed by atoms with E-state index in [1.807, 2.05) is 33.0 Å². The van der Waals surface area contributed by atoms with Gasteiger partial charge in [0.2, 0.25) is 5.88 Å². The summed E-state index contributed by atoms with van der Waals surface area (Å²) in [5.41, 5.74) is 1.99. The molecule has 2 aromatic heterocycles. The minimum Gasteiger partial charge on any atom is -0.439 e. The number of ether oxygens (including phenoxy) is 1. The van der Waals surface area contributed by atoms with E-state index in [0.29, 0.717) is 24.7 Å². The summed E-state index contributed by atoms with van der Waals surface area (Å²) in [7, 11) is 1.99. The number of guanidine groups is 1. The number of aryl methyl sites for hydroxylation is 1. The molecule has 0 atom stereocenters. The standard InChI is InChI=1S/C21H24FN5OS/c1-4-23-21(27(3)13-18-14-29-15(2)26-18)25-12-16-9-10-24-20(11-16)28-19-7-5-17(22)6-8-19/h5-11,14H,4,12-13H2,1-3H3,(H,23,25). The summed E-state index contributed by atoms with van der Waals surface area (Å²) in [6.07, 6.45) is 1.68. The van der Waals surface area contributed by atoms with Crippen LogP contribution in [0.15, 0.2) is 53.0 Å². The highest BCUT2D eigenvalue weighted by atomic mass is 32.1. The van der Waals surface area contributed by atoms with Gasteiger partial charge in [0.1, 0.15) is 11.6 Å². The molecule has 29 heavy (non-hydrogen) atoms. The normalized spacial score (nSPS) is 11.4. The lowest BCUT2D eigenvalue weighted by molar-refractivity contribution is 0.460. The van der Waals surface area contributed by atoms with E-state index in [2.05, 4.69) is 25.6 Å². The second kappa shape index (κ2) is 9.97. The third-order valence-corrected chi connectivity index (χ3v) is 4.83. The van der Waals surface area contributed by atoms with Crippen molar-refractivity contribution in [3.63, 3.8) is 0 Å². The number of nitrogens with zero attached hydrogens (tertiary/aromatic N) is 4.